The third kappa shape index (κ3) is 4.22. The van der Waals surface area contributed by atoms with Gasteiger partial charge in [-0.3, -0.25) is 4.79 Å². The molecule has 1 amide bonds. The topological polar surface area (TPSA) is 85.5 Å². The molecular weight excluding hydrogens is 369 g/mol. The van der Waals surface area contributed by atoms with Crippen molar-refractivity contribution in [3.63, 3.8) is 0 Å². The van der Waals surface area contributed by atoms with Crippen LogP contribution in [0.4, 0.5) is 10.1 Å². The van der Waals surface area contributed by atoms with E-state index in [0.717, 1.165) is 27.4 Å². The number of fused-ring (bicyclic) bond motifs is 1. The first-order valence-electron chi connectivity index (χ1n) is 8.20. The lowest BCUT2D eigenvalue weighted by Crippen LogP contribution is -2.37. The maximum absolute atomic E-state index is 13.1. The van der Waals surface area contributed by atoms with E-state index in [0.29, 0.717) is 6.54 Å². The zero-order chi connectivity index (χ0) is 19.6. The number of carbonyl (C=O) groups excluding carboxylic acids is 2. The molecule has 0 saturated heterocycles. The molecule has 2 aromatic carbocycles. The highest BCUT2D eigenvalue weighted by Gasteiger charge is 2.24. The number of carbonyl (C=O) groups is 2. The van der Waals surface area contributed by atoms with Crippen LogP contribution in [0.1, 0.15) is 22.3 Å². The summed E-state index contributed by atoms with van der Waals surface area (Å²) in [5.74, 6) is -1.70. The fourth-order valence-electron chi connectivity index (χ4n) is 2.57. The predicted octanol–water partition coefficient (Wildman–Crippen LogP) is 3.22. The molecule has 27 heavy (non-hydrogen) atoms. The average molecular weight is 387 g/mol. The van der Waals surface area contributed by atoms with Gasteiger partial charge in [-0.15, -0.1) is 11.3 Å². The van der Waals surface area contributed by atoms with Crippen LogP contribution in [0.5, 0.6) is 0 Å². The van der Waals surface area contributed by atoms with Crippen LogP contribution in [0.25, 0.3) is 10.2 Å². The smallest absolute Gasteiger partial charge is 0.341 e. The minimum absolute atomic E-state index is 0.0184. The van der Waals surface area contributed by atoms with Crippen molar-refractivity contribution in [1.82, 2.24) is 9.88 Å². The van der Waals surface area contributed by atoms with E-state index in [2.05, 4.69) is 4.98 Å². The van der Waals surface area contributed by atoms with E-state index in [-0.39, 0.29) is 17.2 Å². The number of likely N-dealkylation sites (N-methyl/N-ethyl adjacent to an activating group) is 1. The van der Waals surface area contributed by atoms with Gasteiger partial charge in [-0.25, -0.2) is 14.2 Å². The molecule has 0 aliphatic heterocycles. The number of benzene rings is 2. The molecular formula is C19H18FN3O3S. The van der Waals surface area contributed by atoms with Gasteiger partial charge in [-0.2, -0.15) is 0 Å². The Morgan fingerprint density at radius 2 is 2.04 bits per heavy atom. The molecule has 8 heteroatoms. The van der Waals surface area contributed by atoms with E-state index in [9.17, 15) is 14.0 Å². The molecule has 0 aliphatic carbocycles. The van der Waals surface area contributed by atoms with Gasteiger partial charge >= 0.3 is 5.97 Å². The summed E-state index contributed by atoms with van der Waals surface area (Å²) < 4.78 is 19.3. The Kier molecular flexibility index (Phi) is 5.36. The second kappa shape index (κ2) is 7.71. The molecule has 140 valence electrons. The molecule has 1 heterocycles. The molecule has 1 aromatic heterocycles. The number of nitrogens with two attached hydrogens (primary N) is 1. The number of amides is 1. The van der Waals surface area contributed by atoms with Crippen LogP contribution in [-0.4, -0.2) is 34.9 Å². The van der Waals surface area contributed by atoms with Gasteiger partial charge in [0.25, 0.3) is 5.91 Å². The van der Waals surface area contributed by atoms with Crippen molar-refractivity contribution in [2.75, 3.05) is 12.8 Å². The lowest BCUT2D eigenvalue weighted by molar-refractivity contribution is -0.139. The number of halogens is 1. The third-order valence-corrected chi connectivity index (χ3v) is 4.97. The molecule has 0 aliphatic rings. The summed E-state index contributed by atoms with van der Waals surface area (Å²) in [5, 5.41) is 0.786. The molecule has 2 N–H and O–H groups in total. The Labute approximate surface area is 159 Å². The summed E-state index contributed by atoms with van der Waals surface area (Å²) in [6.45, 7) is 1.79. The summed E-state index contributed by atoms with van der Waals surface area (Å²) in [6, 6.07) is 11.1. The molecule has 1 unspecified atom stereocenters. The molecule has 0 bridgehead atoms. The van der Waals surface area contributed by atoms with Crippen molar-refractivity contribution in [2.24, 2.45) is 0 Å². The maximum Gasteiger partial charge on any atom is 0.341 e. The summed E-state index contributed by atoms with van der Waals surface area (Å²) in [6.07, 6.45) is -1.01. The number of nitrogens with zero attached hydrogens (tertiary/aromatic N) is 2. The molecule has 3 aromatic rings. The fourth-order valence-corrected chi connectivity index (χ4v) is 3.59. The number of thiazole rings is 1. The largest absolute Gasteiger partial charge is 0.449 e. The quantitative estimate of drug-likeness (QED) is 0.537. The number of nitrogen functional groups attached to an aromatic ring is 1. The zero-order valence-electron chi connectivity index (χ0n) is 14.8. The van der Waals surface area contributed by atoms with Crippen molar-refractivity contribution in [3.8, 4) is 0 Å². The van der Waals surface area contributed by atoms with Gasteiger partial charge in [-0.05, 0) is 37.3 Å². The summed E-state index contributed by atoms with van der Waals surface area (Å²) in [7, 11) is 1.62. The van der Waals surface area contributed by atoms with Gasteiger partial charge in [0, 0.05) is 12.7 Å². The number of esters is 1. The van der Waals surface area contributed by atoms with Crippen molar-refractivity contribution in [3.05, 3.63) is 58.9 Å². The molecule has 0 saturated carbocycles. The SMILES string of the molecule is CC(OC(=O)c1ccc(F)cc1N)C(=O)N(C)Cc1nc2ccccc2s1. The number of aromatic nitrogens is 1. The monoisotopic (exact) mass is 387 g/mol. The van der Waals surface area contributed by atoms with Crippen molar-refractivity contribution in [2.45, 2.75) is 19.6 Å². The average Bonchev–Trinajstić information content (AvgIpc) is 3.02. The van der Waals surface area contributed by atoms with E-state index >= 15 is 0 Å². The van der Waals surface area contributed by atoms with E-state index < -0.39 is 17.9 Å². The first kappa shape index (κ1) is 18.8. The maximum atomic E-state index is 13.1. The Bertz CT molecular complexity index is 972. The highest BCUT2D eigenvalue weighted by atomic mass is 32.1. The van der Waals surface area contributed by atoms with Gasteiger partial charge in [0.2, 0.25) is 0 Å². The lowest BCUT2D eigenvalue weighted by Gasteiger charge is -2.20. The molecule has 0 fully saturated rings. The van der Waals surface area contributed by atoms with E-state index in [1.165, 1.54) is 29.2 Å². The Morgan fingerprint density at radius 3 is 2.74 bits per heavy atom. The van der Waals surface area contributed by atoms with Crippen molar-refractivity contribution < 1.29 is 18.7 Å². The normalized spacial score (nSPS) is 12.0. The van der Waals surface area contributed by atoms with Crippen LogP contribution < -0.4 is 5.73 Å². The zero-order valence-corrected chi connectivity index (χ0v) is 15.6. The van der Waals surface area contributed by atoms with Crippen LogP contribution in [0.3, 0.4) is 0 Å². The molecule has 6 nitrogen and oxygen atoms in total. The van der Waals surface area contributed by atoms with Crippen molar-refractivity contribution >= 4 is 39.1 Å². The lowest BCUT2D eigenvalue weighted by atomic mass is 10.2. The van der Waals surface area contributed by atoms with Crippen LogP contribution in [0.15, 0.2) is 42.5 Å². The third-order valence-electron chi connectivity index (χ3n) is 3.95. The Hall–Kier alpha value is -3.00. The molecule has 0 radical (unpaired) electrons. The highest BCUT2D eigenvalue weighted by Crippen LogP contribution is 2.22. The molecule has 1 atom stereocenters. The molecule has 0 spiro atoms. The standard InChI is InChI=1S/C19H18FN3O3S/c1-11(26-19(25)13-8-7-12(20)9-14(13)21)18(24)23(2)10-17-22-15-5-3-4-6-16(15)27-17/h3-9,11H,10,21H2,1-2H3. The van der Waals surface area contributed by atoms with Crippen LogP contribution in [0, 0.1) is 5.82 Å². The summed E-state index contributed by atoms with van der Waals surface area (Å²) in [5.41, 5.74) is 6.49. The second-order valence-corrected chi connectivity index (χ2v) is 7.16. The van der Waals surface area contributed by atoms with Crippen LogP contribution in [0.2, 0.25) is 0 Å². The number of anilines is 1. The fraction of sp³-hybridized carbons (Fsp3) is 0.211. The number of rotatable bonds is 5. The number of ether oxygens (including phenoxy) is 1. The van der Waals surface area contributed by atoms with Gasteiger partial charge in [0.05, 0.1) is 22.3 Å². The minimum atomic E-state index is -1.01. The predicted molar refractivity (Wildman–Crippen MR) is 102 cm³/mol. The minimum Gasteiger partial charge on any atom is -0.449 e. The van der Waals surface area contributed by atoms with Gasteiger partial charge < -0.3 is 15.4 Å². The first-order chi connectivity index (χ1) is 12.8. The Balaban J connectivity index is 1.64. The number of hydrogen-bond acceptors (Lipinski definition) is 6. The van der Waals surface area contributed by atoms with Gasteiger partial charge in [0.1, 0.15) is 10.8 Å². The van der Waals surface area contributed by atoms with Gasteiger partial charge in [0.15, 0.2) is 6.10 Å². The van der Waals surface area contributed by atoms with Crippen molar-refractivity contribution in [1.29, 1.82) is 0 Å². The Morgan fingerprint density at radius 1 is 1.30 bits per heavy atom. The number of hydrogen-bond donors (Lipinski definition) is 1. The van der Waals surface area contributed by atoms with Crippen LogP contribution in [-0.2, 0) is 16.1 Å². The van der Waals surface area contributed by atoms with E-state index in [4.69, 9.17) is 10.5 Å². The van der Waals surface area contributed by atoms with E-state index in [1.807, 2.05) is 24.3 Å². The van der Waals surface area contributed by atoms with Crippen LogP contribution >= 0.6 is 11.3 Å². The second-order valence-electron chi connectivity index (χ2n) is 6.05. The first-order valence-corrected chi connectivity index (χ1v) is 9.02. The van der Waals surface area contributed by atoms with E-state index in [1.54, 1.807) is 7.05 Å². The summed E-state index contributed by atoms with van der Waals surface area (Å²) in [4.78, 5) is 30.6. The number of para-hydroxylation sites is 1. The molecule has 3 rings (SSSR count). The van der Waals surface area contributed by atoms with Gasteiger partial charge in [-0.1, -0.05) is 12.1 Å². The highest BCUT2D eigenvalue weighted by molar-refractivity contribution is 7.18. The summed E-state index contributed by atoms with van der Waals surface area (Å²) >= 11 is 1.50.